The fourth-order valence-corrected chi connectivity index (χ4v) is 2.12. The number of aliphatic hydroxyl groups excluding tert-OH is 1. The van der Waals surface area contributed by atoms with E-state index in [1.165, 1.54) is 0 Å². The predicted octanol–water partition coefficient (Wildman–Crippen LogP) is 0.420. The van der Waals surface area contributed by atoms with Crippen LogP contribution in [0.4, 0.5) is 0 Å². The molecule has 0 bridgehead atoms. The molecule has 9 heavy (non-hydrogen) atoms. The lowest BCUT2D eigenvalue weighted by molar-refractivity contribution is 0.256. The van der Waals surface area contributed by atoms with Crippen LogP contribution in [0.1, 0.15) is 13.3 Å². The van der Waals surface area contributed by atoms with Crippen LogP contribution in [-0.4, -0.2) is 28.9 Å². The molecule has 1 rings (SSSR count). The quantitative estimate of drug-likeness (QED) is 0.593. The van der Waals surface area contributed by atoms with Gasteiger partial charge >= 0.3 is 0 Å². The molecule has 0 aliphatic carbocycles. The number of nitrogens with one attached hydrogen (secondary N) is 1. The normalized spacial score (nSPS) is 35.3. The molecule has 1 aliphatic rings. The Balaban J connectivity index is 2.20. The SMILES string of the molecule is CC[C@H]1N[C@H](CO)CS1. The van der Waals surface area contributed by atoms with Crippen molar-refractivity contribution >= 4 is 11.8 Å². The van der Waals surface area contributed by atoms with E-state index >= 15 is 0 Å². The van der Waals surface area contributed by atoms with Crippen molar-refractivity contribution in [3.8, 4) is 0 Å². The van der Waals surface area contributed by atoms with Gasteiger partial charge in [0.05, 0.1) is 12.0 Å². The van der Waals surface area contributed by atoms with Crippen LogP contribution in [0.2, 0.25) is 0 Å². The molecule has 1 aliphatic heterocycles. The first kappa shape index (κ1) is 7.38. The van der Waals surface area contributed by atoms with Gasteiger partial charge < -0.3 is 5.11 Å². The second kappa shape index (κ2) is 3.44. The van der Waals surface area contributed by atoms with Gasteiger partial charge in [-0.1, -0.05) is 6.92 Å². The van der Waals surface area contributed by atoms with Gasteiger partial charge in [-0.15, -0.1) is 11.8 Å². The Morgan fingerprint density at radius 3 is 2.89 bits per heavy atom. The van der Waals surface area contributed by atoms with Crippen LogP contribution in [-0.2, 0) is 0 Å². The lowest BCUT2D eigenvalue weighted by Crippen LogP contribution is -2.32. The molecule has 0 amide bonds. The zero-order valence-corrected chi connectivity index (χ0v) is 6.45. The number of aliphatic hydroxyl groups is 1. The van der Waals surface area contributed by atoms with E-state index < -0.39 is 0 Å². The van der Waals surface area contributed by atoms with Crippen molar-refractivity contribution in [3.63, 3.8) is 0 Å². The topological polar surface area (TPSA) is 32.3 Å². The van der Waals surface area contributed by atoms with Crippen molar-refractivity contribution in [1.82, 2.24) is 5.32 Å². The van der Waals surface area contributed by atoms with Gasteiger partial charge in [-0.05, 0) is 6.42 Å². The van der Waals surface area contributed by atoms with Crippen molar-refractivity contribution in [2.24, 2.45) is 0 Å². The van der Waals surface area contributed by atoms with E-state index in [1.807, 2.05) is 11.8 Å². The molecule has 0 saturated carbocycles. The highest BCUT2D eigenvalue weighted by Crippen LogP contribution is 2.20. The van der Waals surface area contributed by atoms with Crippen LogP contribution in [0.5, 0.6) is 0 Å². The van der Waals surface area contributed by atoms with Crippen LogP contribution in [0.15, 0.2) is 0 Å². The summed E-state index contributed by atoms with van der Waals surface area (Å²) in [6, 6.07) is 0.347. The van der Waals surface area contributed by atoms with Crippen LogP contribution in [0.3, 0.4) is 0 Å². The number of rotatable bonds is 2. The highest BCUT2D eigenvalue weighted by molar-refractivity contribution is 8.00. The molecule has 3 heteroatoms. The summed E-state index contributed by atoms with van der Waals surface area (Å²) in [5.74, 6) is 1.06. The molecule has 0 radical (unpaired) electrons. The average molecular weight is 147 g/mol. The third kappa shape index (κ3) is 1.85. The number of thioether (sulfide) groups is 1. The van der Waals surface area contributed by atoms with Gasteiger partial charge in [-0.3, -0.25) is 5.32 Å². The second-order valence-electron chi connectivity index (χ2n) is 2.28. The molecule has 0 unspecified atom stereocenters. The van der Waals surface area contributed by atoms with Gasteiger partial charge in [-0.25, -0.2) is 0 Å². The van der Waals surface area contributed by atoms with E-state index in [0.29, 0.717) is 11.4 Å². The molecule has 2 N–H and O–H groups in total. The Kier molecular flexibility index (Phi) is 2.82. The van der Waals surface area contributed by atoms with Crippen LogP contribution < -0.4 is 5.32 Å². The molecular weight excluding hydrogens is 134 g/mol. The predicted molar refractivity (Wildman–Crippen MR) is 40.5 cm³/mol. The van der Waals surface area contributed by atoms with E-state index in [4.69, 9.17) is 5.11 Å². The average Bonchev–Trinajstić information content (AvgIpc) is 2.34. The second-order valence-corrected chi connectivity index (χ2v) is 3.51. The van der Waals surface area contributed by atoms with E-state index in [1.54, 1.807) is 0 Å². The summed E-state index contributed by atoms with van der Waals surface area (Å²) in [5, 5.41) is 12.6. The highest BCUT2D eigenvalue weighted by atomic mass is 32.2. The first-order valence-electron chi connectivity index (χ1n) is 3.35. The summed E-state index contributed by atoms with van der Waals surface area (Å²) in [4.78, 5) is 0. The Labute approximate surface area is 60.0 Å². The summed E-state index contributed by atoms with van der Waals surface area (Å²) in [7, 11) is 0. The monoisotopic (exact) mass is 147 g/mol. The van der Waals surface area contributed by atoms with Crippen molar-refractivity contribution in [1.29, 1.82) is 0 Å². The molecule has 2 nitrogen and oxygen atoms in total. The molecule has 2 atom stereocenters. The molecular formula is C6H13NOS. The number of hydrogen-bond acceptors (Lipinski definition) is 3. The lowest BCUT2D eigenvalue weighted by atomic mass is 10.3. The largest absolute Gasteiger partial charge is 0.395 e. The highest BCUT2D eigenvalue weighted by Gasteiger charge is 2.21. The van der Waals surface area contributed by atoms with Crippen molar-refractivity contribution < 1.29 is 5.11 Å². The lowest BCUT2D eigenvalue weighted by Gasteiger charge is -2.07. The summed E-state index contributed by atoms with van der Waals surface area (Å²) in [6.07, 6.45) is 1.15. The van der Waals surface area contributed by atoms with Crippen molar-refractivity contribution in [2.75, 3.05) is 12.4 Å². The minimum absolute atomic E-state index is 0.281. The molecule has 1 saturated heterocycles. The summed E-state index contributed by atoms with van der Waals surface area (Å²) >= 11 is 1.90. The summed E-state index contributed by atoms with van der Waals surface area (Å²) in [5.41, 5.74) is 0. The van der Waals surface area contributed by atoms with Crippen LogP contribution >= 0.6 is 11.8 Å². The third-order valence-electron chi connectivity index (χ3n) is 1.51. The molecule has 0 aromatic heterocycles. The molecule has 0 aromatic rings. The van der Waals surface area contributed by atoms with E-state index in [0.717, 1.165) is 12.2 Å². The van der Waals surface area contributed by atoms with Crippen LogP contribution in [0.25, 0.3) is 0 Å². The molecule has 0 aromatic carbocycles. The summed E-state index contributed by atoms with van der Waals surface area (Å²) < 4.78 is 0. The van der Waals surface area contributed by atoms with Crippen LogP contribution in [0, 0.1) is 0 Å². The molecule has 0 spiro atoms. The van der Waals surface area contributed by atoms with Gasteiger partial charge in [0.15, 0.2) is 0 Å². The van der Waals surface area contributed by atoms with Gasteiger partial charge in [0, 0.05) is 11.8 Å². The fourth-order valence-electron chi connectivity index (χ4n) is 0.933. The molecule has 54 valence electrons. The maximum absolute atomic E-state index is 8.70. The standard InChI is InChI=1S/C6H13NOS/c1-2-6-7-5(3-8)4-9-6/h5-8H,2-4H2,1H3/t5-,6+/m1/s1. The molecule has 1 heterocycles. The Bertz CT molecular complexity index is 79.1. The number of hydrogen-bond donors (Lipinski definition) is 2. The minimum Gasteiger partial charge on any atom is -0.395 e. The fraction of sp³-hybridized carbons (Fsp3) is 1.00. The minimum atomic E-state index is 0.281. The van der Waals surface area contributed by atoms with Crippen molar-refractivity contribution in [2.45, 2.75) is 24.8 Å². The van der Waals surface area contributed by atoms with E-state index in [9.17, 15) is 0 Å². The van der Waals surface area contributed by atoms with E-state index in [-0.39, 0.29) is 6.61 Å². The first-order chi connectivity index (χ1) is 4.36. The zero-order chi connectivity index (χ0) is 6.69. The maximum atomic E-state index is 8.70. The Morgan fingerprint density at radius 1 is 1.78 bits per heavy atom. The van der Waals surface area contributed by atoms with Gasteiger partial charge in [0.25, 0.3) is 0 Å². The summed E-state index contributed by atoms with van der Waals surface area (Å²) in [6.45, 7) is 2.44. The Morgan fingerprint density at radius 2 is 2.56 bits per heavy atom. The van der Waals surface area contributed by atoms with E-state index in [2.05, 4.69) is 12.2 Å². The third-order valence-corrected chi connectivity index (χ3v) is 2.98. The van der Waals surface area contributed by atoms with Crippen molar-refractivity contribution in [3.05, 3.63) is 0 Å². The Hall–Kier alpha value is 0.270. The smallest absolute Gasteiger partial charge is 0.0593 e. The molecule has 1 fully saturated rings. The maximum Gasteiger partial charge on any atom is 0.0593 e. The first-order valence-corrected chi connectivity index (χ1v) is 4.40. The zero-order valence-electron chi connectivity index (χ0n) is 5.63. The van der Waals surface area contributed by atoms with Gasteiger partial charge in [-0.2, -0.15) is 0 Å². The van der Waals surface area contributed by atoms with Gasteiger partial charge in [0.2, 0.25) is 0 Å². The van der Waals surface area contributed by atoms with Gasteiger partial charge in [0.1, 0.15) is 0 Å².